The van der Waals surface area contributed by atoms with Crippen LogP contribution in [0.1, 0.15) is 5.56 Å². The van der Waals surface area contributed by atoms with E-state index in [0.717, 1.165) is 24.6 Å². The molecule has 0 bridgehead atoms. The van der Waals surface area contributed by atoms with Crippen molar-refractivity contribution in [2.45, 2.75) is 6.54 Å². The molecule has 4 nitrogen and oxygen atoms in total. The Bertz CT molecular complexity index is 855. The van der Waals surface area contributed by atoms with Crippen LogP contribution in [0, 0.1) is 0 Å². The number of aliphatic imine (C=N–C) groups is 1. The number of nitrogens with one attached hydrogen (secondary N) is 1. The van der Waals surface area contributed by atoms with Crippen LogP contribution in [-0.2, 0) is 6.54 Å². The van der Waals surface area contributed by atoms with E-state index in [9.17, 15) is 0 Å². The van der Waals surface area contributed by atoms with E-state index in [1.54, 1.807) is 6.20 Å². The molecule has 3 aromatic rings. The summed E-state index contributed by atoms with van der Waals surface area (Å²) in [6.45, 7) is 1.60. The second-order valence-corrected chi connectivity index (χ2v) is 5.25. The Balaban J connectivity index is 1.45. The van der Waals surface area contributed by atoms with E-state index in [4.69, 9.17) is 4.99 Å². The molecule has 1 N–H and O–H groups in total. The van der Waals surface area contributed by atoms with Crippen molar-refractivity contribution in [1.82, 2.24) is 14.9 Å². The normalized spacial score (nSPS) is 13.0. The minimum absolute atomic E-state index is 0.762. The predicted molar refractivity (Wildman–Crippen MR) is 89.5 cm³/mol. The molecule has 1 aliphatic rings. The maximum atomic E-state index is 4.70. The molecule has 22 heavy (non-hydrogen) atoms. The summed E-state index contributed by atoms with van der Waals surface area (Å²) in [4.78, 5) is 8.72. The molecule has 1 aromatic heterocycles. The number of nitrogens with zero attached hydrogens (tertiary/aromatic N) is 3. The molecule has 0 atom stereocenters. The Morgan fingerprint density at radius 3 is 2.86 bits per heavy atom. The number of aromatic nitrogens is 2. The number of amidine groups is 1. The lowest BCUT2D eigenvalue weighted by Crippen LogP contribution is -2.23. The van der Waals surface area contributed by atoms with Crippen LogP contribution in [0.3, 0.4) is 0 Å². The highest BCUT2D eigenvalue weighted by Gasteiger charge is 2.16. The molecular formula is C18H16N4. The zero-order valence-electron chi connectivity index (χ0n) is 12.1. The first-order valence-corrected chi connectivity index (χ1v) is 7.37. The second kappa shape index (κ2) is 5.48. The molecule has 4 rings (SSSR count). The predicted octanol–water partition coefficient (Wildman–Crippen LogP) is 3.27. The van der Waals surface area contributed by atoms with E-state index in [-0.39, 0.29) is 0 Å². The summed E-state index contributed by atoms with van der Waals surface area (Å²) in [6.07, 6.45) is 9.80. The van der Waals surface area contributed by atoms with Crippen molar-refractivity contribution in [2.24, 2.45) is 4.99 Å². The van der Waals surface area contributed by atoms with E-state index >= 15 is 0 Å². The Morgan fingerprint density at radius 2 is 2.00 bits per heavy atom. The van der Waals surface area contributed by atoms with Gasteiger partial charge < -0.3 is 9.88 Å². The summed E-state index contributed by atoms with van der Waals surface area (Å²) in [5, 5.41) is 5.89. The Morgan fingerprint density at radius 1 is 1.09 bits per heavy atom. The molecule has 0 fully saturated rings. The standard InChI is InChI=1S/C18H16N4/c1(2-11-22-12-10-19-13-22)9-20-18-15-7-3-5-14-6-4-8-16(21-18)17(14)15/h1-8,10,12-13H,9,11H2,(H,20,21)/b2-1-. The van der Waals surface area contributed by atoms with E-state index < -0.39 is 0 Å². The highest BCUT2D eigenvalue weighted by atomic mass is 15.0. The van der Waals surface area contributed by atoms with Gasteiger partial charge >= 0.3 is 0 Å². The van der Waals surface area contributed by atoms with Gasteiger partial charge in [-0.2, -0.15) is 0 Å². The van der Waals surface area contributed by atoms with Crippen LogP contribution >= 0.6 is 0 Å². The monoisotopic (exact) mass is 288 g/mol. The van der Waals surface area contributed by atoms with E-state index in [1.165, 1.54) is 16.3 Å². The maximum Gasteiger partial charge on any atom is 0.134 e. The van der Waals surface area contributed by atoms with Gasteiger partial charge in [0.15, 0.2) is 0 Å². The number of allylic oxidation sites excluding steroid dienone is 1. The van der Waals surface area contributed by atoms with Crippen molar-refractivity contribution in [2.75, 3.05) is 6.54 Å². The number of hydrogen-bond acceptors (Lipinski definition) is 3. The minimum atomic E-state index is 0.762. The van der Waals surface area contributed by atoms with Crippen LogP contribution in [0.5, 0.6) is 0 Å². The molecule has 108 valence electrons. The first-order chi connectivity index (χ1) is 10.9. The third-order valence-electron chi connectivity index (χ3n) is 3.80. The summed E-state index contributed by atoms with van der Waals surface area (Å²) in [5.41, 5.74) is 2.24. The van der Waals surface area contributed by atoms with Crippen LogP contribution in [-0.4, -0.2) is 21.9 Å². The molecule has 2 heterocycles. The summed E-state index contributed by atoms with van der Waals surface area (Å²) >= 11 is 0. The molecular weight excluding hydrogens is 272 g/mol. The summed E-state index contributed by atoms with van der Waals surface area (Å²) < 4.78 is 2.03. The fourth-order valence-corrected chi connectivity index (χ4v) is 2.76. The lowest BCUT2D eigenvalue weighted by molar-refractivity contribution is 0.816. The second-order valence-electron chi connectivity index (χ2n) is 5.25. The van der Waals surface area contributed by atoms with Crippen molar-refractivity contribution in [3.8, 4) is 0 Å². The van der Waals surface area contributed by atoms with Gasteiger partial charge in [-0.3, -0.25) is 0 Å². The van der Waals surface area contributed by atoms with Crippen LogP contribution in [0.2, 0.25) is 0 Å². The van der Waals surface area contributed by atoms with Gasteiger partial charge in [-0.1, -0.05) is 42.5 Å². The third-order valence-corrected chi connectivity index (χ3v) is 3.80. The molecule has 0 aliphatic carbocycles. The van der Waals surface area contributed by atoms with Crippen molar-refractivity contribution in [1.29, 1.82) is 0 Å². The lowest BCUT2D eigenvalue weighted by Gasteiger charge is -2.05. The molecule has 0 amide bonds. The van der Waals surface area contributed by atoms with Crippen molar-refractivity contribution in [3.05, 3.63) is 72.8 Å². The highest BCUT2D eigenvalue weighted by molar-refractivity contribution is 6.18. The molecule has 0 saturated heterocycles. The third kappa shape index (κ3) is 2.29. The van der Waals surface area contributed by atoms with Gasteiger partial charge in [0.1, 0.15) is 5.84 Å². The molecule has 0 radical (unpaired) electrons. The van der Waals surface area contributed by atoms with Crippen molar-refractivity contribution >= 4 is 22.3 Å². The van der Waals surface area contributed by atoms with E-state index in [2.05, 4.69) is 58.9 Å². The Hall–Kier alpha value is -2.88. The van der Waals surface area contributed by atoms with E-state index in [1.807, 2.05) is 17.1 Å². The van der Waals surface area contributed by atoms with Crippen molar-refractivity contribution in [3.63, 3.8) is 0 Å². The minimum Gasteiger partial charge on any atom is -0.366 e. The Kier molecular flexibility index (Phi) is 3.20. The average Bonchev–Trinajstić information content (AvgIpc) is 3.17. The zero-order chi connectivity index (χ0) is 14.8. The smallest absolute Gasteiger partial charge is 0.134 e. The van der Waals surface area contributed by atoms with Gasteiger partial charge in [0.25, 0.3) is 0 Å². The van der Waals surface area contributed by atoms with Gasteiger partial charge in [-0.05, 0) is 11.5 Å². The van der Waals surface area contributed by atoms with Crippen LogP contribution in [0.15, 0.2) is 72.3 Å². The number of imidazole rings is 1. The summed E-state index contributed by atoms with van der Waals surface area (Å²) in [6, 6.07) is 12.6. The van der Waals surface area contributed by atoms with Crippen LogP contribution in [0.4, 0.5) is 5.69 Å². The molecule has 1 aliphatic heterocycles. The molecule has 4 heteroatoms. The summed E-state index contributed by atoms with van der Waals surface area (Å²) in [5.74, 6) is 0.957. The quantitative estimate of drug-likeness (QED) is 0.749. The zero-order valence-corrected chi connectivity index (χ0v) is 12.1. The lowest BCUT2D eigenvalue weighted by atomic mass is 10.0. The van der Waals surface area contributed by atoms with Gasteiger partial charge in [-0.25, -0.2) is 9.98 Å². The maximum absolute atomic E-state index is 4.70. The number of benzene rings is 2. The molecule has 2 aromatic carbocycles. The summed E-state index contributed by atoms with van der Waals surface area (Å²) in [7, 11) is 0. The first kappa shape index (κ1) is 12.8. The van der Waals surface area contributed by atoms with E-state index in [0.29, 0.717) is 0 Å². The van der Waals surface area contributed by atoms with Crippen molar-refractivity contribution < 1.29 is 0 Å². The Labute approximate surface area is 128 Å². The largest absolute Gasteiger partial charge is 0.366 e. The van der Waals surface area contributed by atoms with Gasteiger partial charge in [-0.15, -0.1) is 0 Å². The van der Waals surface area contributed by atoms with Gasteiger partial charge in [0, 0.05) is 36.4 Å². The molecule has 0 saturated carbocycles. The molecule has 0 spiro atoms. The average molecular weight is 288 g/mol. The first-order valence-electron chi connectivity index (χ1n) is 7.37. The topological polar surface area (TPSA) is 42.2 Å². The fraction of sp³-hybridized carbons (Fsp3) is 0.111. The number of hydrogen-bond donors (Lipinski definition) is 1. The SMILES string of the molecule is C(=C/Cn1ccnc1)/CNC1=Nc2cccc3cccc1c23. The molecule has 0 unspecified atom stereocenters. The van der Waals surface area contributed by atoms with Gasteiger partial charge in [0.2, 0.25) is 0 Å². The number of rotatable bonds is 4. The highest BCUT2D eigenvalue weighted by Crippen LogP contribution is 2.34. The van der Waals surface area contributed by atoms with Gasteiger partial charge in [0.05, 0.1) is 12.0 Å². The fourth-order valence-electron chi connectivity index (χ4n) is 2.76. The van der Waals surface area contributed by atoms with Crippen LogP contribution in [0.25, 0.3) is 10.8 Å². The van der Waals surface area contributed by atoms with Crippen LogP contribution < -0.4 is 5.32 Å².